The summed E-state index contributed by atoms with van der Waals surface area (Å²) in [5, 5.41) is 10.8. The van der Waals surface area contributed by atoms with Crippen molar-refractivity contribution in [2.24, 2.45) is 0 Å². The number of aryl methyl sites for hydroxylation is 1. The molecule has 4 aromatic rings. The molecule has 1 aliphatic rings. The number of allylic oxidation sites excluding steroid dienone is 1. The second kappa shape index (κ2) is 9.08. The number of aromatic nitrogens is 3. The zero-order chi connectivity index (χ0) is 21.2. The average Bonchev–Trinajstić information content (AvgIpc) is 3.22. The lowest BCUT2D eigenvalue weighted by Gasteiger charge is -2.24. The van der Waals surface area contributed by atoms with Crippen LogP contribution in [-0.2, 0) is 0 Å². The standard InChI is InChI=1S/C25H21N5O.ClH/c1-17-9-8-14-20(15-17)23(31)27-24-28-25-26-21(18-10-4-2-5-11-18)16-22(30(25)29-24)19-12-6-3-7-13-19;/h2-16,22H,1H3,(H2,26,27,28,29,31);1H. The number of carbonyl (C=O) groups excluding carboxylic acids is 1. The number of fused-ring (bicyclic) bond motifs is 1. The van der Waals surface area contributed by atoms with Crippen LogP contribution in [-0.4, -0.2) is 20.7 Å². The van der Waals surface area contributed by atoms with Crippen molar-refractivity contribution in [1.29, 1.82) is 0 Å². The van der Waals surface area contributed by atoms with Gasteiger partial charge in [-0.1, -0.05) is 78.4 Å². The molecule has 7 heteroatoms. The van der Waals surface area contributed by atoms with Gasteiger partial charge in [-0.3, -0.25) is 10.1 Å². The maximum atomic E-state index is 12.7. The molecule has 0 fully saturated rings. The van der Waals surface area contributed by atoms with Gasteiger partial charge in [0.05, 0.1) is 0 Å². The summed E-state index contributed by atoms with van der Waals surface area (Å²) < 4.78 is 1.80. The molecule has 0 aliphatic carbocycles. The number of amides is 1. The number of halogens is 1. The minimum atomic E-state index is -0.237. The average molecular weight is 444 g/mol. The Morgan fingerprint density at radius 2 is 1.69 bits per heavy atom. The van der Waals surface area contributed by atoms with Crippen LogP contribution in [0.1, 0.15) is 33.1 Å². The number of nitrogens with one attached hydrogen (secondary N) is 2. The van der Waals surface area contributed by atoms with E-state index < -0.39 is 0 Å². The van der Waals surface area contributed by atoms with Crippen LogP contribution in [0.5, 0.6) is 0 Å². The molecule has 1 unspecified atom stereocenters. The van der Waals surface area contributed by atoms with E-state index >= 15 is 0 Å². The van der Waals surface area contributed by atoms with Gasteiger partial charge in [-0.05, 0) is 36.3 Å². The first-order valence-electron chi connectivity index (χ1n) is 10.1. The highest BCUT2D eigenvalue weighted by Crippen LogP contribution is 2.33. The van der Waals surface area contributed by atoms with Crippen molar-refractivity contribution in [2.45, 2.75) is 13.0 Å². The quantitative estimate of drug-likeness (QED) is 0.448. The monoisotopic (exact) mass is 443 g/mol. The summed E-state index contributed by atoms with van der Waals surface area (Å²) in [6.07, 6.45) is 2.12. The van der Waals surface area contributed by atoms with E-state index in [1.165, 1.54) is 0 Å². The van der Waals surface area contributed by atoms with Crippen LogP contribution < -0.4 is 10.6 Å². The number of carbonyl (C=O) groups is 1. The van der Waals surface area contributed by atoms with Crippen LogP contribution in [0.15, 0.2) is 91.0 Å². The first kappa shape index (κ1) is 21.3. The van der Waals surface area contributed by atoms with Gasteiger partial charge in [0.1, 0.15) is 6.04 Å². The molecule has 3 aromatic carbocycles. The number of hydrogen-bond acceptors (Lipinski definition) is 4. The molecular weight excluding hydrogens is 422 g/mol. The maximum absolute atomic E-state index is 12.7. The predicted octanol–water partition coefficient (Wildman–Crippen LogP) is 5.32. The third-order valence-electron chi connectivity index (χ3n) is 5.20. The molecule has 2 N–H and O–H groups in total. The molecule has 1 aromatic heterocycles. The molecule has 2 heterocycles. The fourth-order valence-corrected chi connectivity index (χ4v) is 3.68. The Bertz CT molecular complexity index is 1270. The molecule has 1 amide bonds. The topological polar surface area (TPSA) is 71.8 Å². The molecule has 0 spiro atoms. The zero-order valence-corrected chi connectivity index (χ0v) is 18.2. The van der Waals surface area contributed by atoms with E-state index in [-0.39, 0.29) is 30.3 Å². The molecule has 1 atom stereocenters. The highest BCUT2D eigenvalue weighted by atomic mass is 35.5. The van der Waals surface area contributed by atoms with Crippen molar-refractivity contribution in [3.63, 3.8) is 0 Å². The first-order chi connectivity index (χ1) is 15.2. The van der Waals surface area contributed by atoms with Crippen molar-refractivity contribution in [3.05, 3.63) is 113 Å². The van der Waals surface area contributed by atoms with Crippen molar-refractivity contribution >= 4 is 35.9 Å². The number of anilines is 2. The third kappa shape index (κ3) is 4.26. The molecule has 1 aliphatic heterocycles. The van der Waals surface area contributed by atoms with Crippen molar-refractivity contribution < 1.29 is 4.79 Å². The van der Waals surface area contributed by atoms with Crippen molar-refractivity contribution in [3.8, 4) is 0 Å². The van der Waals surface area contributed by atoms with E-state index in [1.54, 1.807) is 10.7 Å². The SMILES string of the molecule is Cc1cccc(C(=O)Nc2nc3n(n2)C(c2ccccc2)C=C(c2ccccc2)N3)c1.Cl. The molecule has 0 saturated heterocycles. The molecule has 0 saturated carbocycles. The van der Waals surface area contributed by atoms with Crippen LogP contribution >= 0.6 is 12.4 Å². The Morgan fingerprint density at radius 3 is 2.41 bits per heavy atom. The Kier molecular flexibility index (Phi) is 6.05. The maximum Gasteiger partial charge on any atom is 0.258 e. The van der Waals surface area contributed by atoms with Gasteiger partial charge in [0.2, 0.25) is 5.95 Å². The van der Waals surface area contributed by atoms with E-state index in [9.17, 15) is 4.79 Å². The van der Waals surface area contributed by atoms with E-state index in [0.717, 1.165) is 22.4 Å². The number of nitrogens with zero attached hydrogens (tertiary/aromatic N) is 3. The molecule has 160 valence electrons. The summed E-state index contributed by atoms with van der Waals surface area (Å²) in [5.74, 6) is 0.603. The molecule has 0 radical (unpaired) electrons. The molecule has 5 rings (SSSR count). The summed E-state index contributed by atoms with van der Waals surface area (Å²) in [6, 6.07) is 27.5. The Labute approximate surface area is 192 Å². The predicted molar refractivity (Wildman–Crippen MR) is 129 cm³/mol. The minimum absolute atomic E-state index is 0. The number of rotatable bonds is 4. The highest BCUT2D eigenvalue weighted by Gasteiger charge is 2.25. The minimum Gasteiger partial charge on any atom is -0.324 e. The van der Waals surface area contributed by atoms with Gasteiger partial charge in [-0.25, -0.2) is 4.68 Å². The van der Waals surface area contributed by atoms with E-state index in [0.29, 0.717) is 11.5 Å². The van der Waals surface area contributed by atoms with Gasteiger partial charge in [0.25, 0.3) is 11.9 Å². The largest absolute Gasteiger partial charge is 0.324 e. The van der Waals surface area contributed by atoms with E-state index in [2.05, 4.69) is 38.9 Å². The normalized spacial score (nSPS) is 14.4. The Hall–Kier alpha value is -3.90. The fourth-order valence-electron chi connectivity index (χ4n) is 3.68. The van der Waals surface area contributed by atoms with Gasteiger partial charge in [0.15, 0.2) is 0 Å². The second-order valence-electron chi connectivity index (χ2n) is 7.45. The smallest absolute Gasteiger partial charge is 0.258 e. The molecular formula is C25H22ClN5O. The van der Waals surface area contributed by atoms with Crippen LogP contribution in [0.25, 0.3) is 5.70 Å². The van der Waals surface area contributed by atoms with Gasteiger partial charge < -0.3 is 5.32 Å². The molecule has 6 nitrogen and oxygen atoms in total. The molecule has 32 heavy (non-hydrogen) atoms. The Balaban J connectivity index is 0.00000245. The lowest BCUT2D eigenvalue weighted by molar-refractivity contribution is 0.102. The van der Waals surface area contributed by atoms with Gasteiger partial charge in [0, 0.05) is 11.3 Å². The van der Waals surface area contributed by atoms with Gasteiger partial charge in [-0.2, -0.15) is 4.98 Å². The molecule has 0 bridgehead atoms. The third-order valence-corrected chi connectivity index (χ3v) is 5.20. The summed E-state index contributed by atoms with van der Waals surface area (Å²) in [5.41, 5.74) is 4.68. The number of hydrogen-bond donors (Lipinski definition) is 2. The fraction of sp³-hybridized carbons (Fsp3) is 0.0800. The first-order valence-corrected chi connectivity index (χ1v) is 10.1. The van der Waals surface area contributed by atoms with Crippen LogP contribution in [0, 0.1) is 6.92 Å². The highest BCUT2D eigenvalue weighted by molar-refractivity contribution is 6.03. The summed E-state index contributed by atoms with van der Waals surface area (Å²) in [4.78, 5) is 17.2. The van der Waals surface area contributed by atoms with Gasteiger partial charge in [-0.15, -0.1) is 17.5 Å². The van der Waals surface area contributed by atoms with Crippen molar-refractivity contribution in [2.75, 3.05) is 10.6 Å². The van der Waals surface area contributed by atoms with Crippen LogP contribution in [0.3, 0.4) is 0 Å². The zero-order valence-electron chi connectivity index (χ0n) is 17.4. The summed E-state index contributed by atoms with van der Waals surface area (Å²) >= 11 is 0. The van der Waals surface area contributed by atoms with Crippen LogP contribution in [0.2, 0.25) is 0 Å². The second-order valence-corrected chi connectivity index (χ2v) is 7.45. The lowest BCUT2D eigenvalue weighted by Crippen LogP contribution is -2.20. The van der Waals surface area contributed by atoms with Gasteiger partial charge >= 0.3 is 0 Å². The summed E-state index contributed by atoms with van der Waals surface area (Å²) in [6.45, 7) is 1.95. The van der Waals surface area contributed by atoms with Crippen molar-refractivity contribution in [1.82, 2.24) is 14.8 Å². The number of benzene rings is 3. The summed E-state index contributed by atoms with van der Waals surface area (Å²) in [7, 11) is 0. The van der Waals surface area contributed by atoms with Crippen LogP contribution in [0.4, 0.5) is 11.9 Å². The van der Waals surface area contributed by atoms with E-state index in [4.69, 9.17) is 0 Å². The lowest BCUT2D eigenvalue weighted by atomic mass is 10.0. The van der Waals surface area contributed by atoms with E-state index in [1.807, 2.05) is 73.7 Å². The Morgan fingerprint density at radius 1 is 0.969 bits per heavy atom.